The number of guanidine groups is 2. The Kier molecular flexibility index (Phi) is 18.3. The Morgan fingerprint density at radius 3 is 1.56 bits per heavy atom. The third-order valence-electron chi connectivity index (χ3n) is 11.3. The van der Waals surface area contributed by atoms with Crippen LogP contribution in [0.15, 0.2) is 113 Å². The number of imide groups is 1. The van der Waals surface area contributed by atoms with Crippen LogP contribution in [-0.2, 0) is 39.9 Å². The number of nitrogens with one attached hydrogen (secondary N) is 2. The molecule has 0 aromatic heterocycles. The highest BCUT2D eigenvalue weighted by Crippen LogP contribution is 2.44. The summed E-state index contributed by atoms with van der Waals surface area (Å²) in [6.07, 6.45) is 1.75. The van der Waals surface area contributed by atoms with Crippen molar-refractivity contribution in [2.75, 3.05) is 48.0 Å². The molecular formula is C49H58N8O9. The van der Waals surface area contributed by atoms with Crippen LogP contribution in [0.2, 0.25) is 0 Å². The van der Waals surface area contributed by atoms with E-state index < -0.39 is 47.5 Å². The molecule has 1 aliphatic carbocycles. The van der Waals surface area contributed by atoms with E-state index in [0.29, 0.717) is 44.7 Å². The molecular weight excluding hydrogens is 845 g/mol. The van der Waals surface area contributed by atoms with Gasteiger partial charge in [0, 0.05) is 39.5 Å². The van der Waals surface area contributed by atoms with Gasteiger partial charge < -0.3 is 36.3 Å². The van der Waals surface area contributed by atoms with Gasteiger partial charge in [0.2, 0.25) is 5.91 Å². The van der Waals surface area contributed by atoms with Crippen LogP contribution in [0.1, 0.15) is 81.8 Å². The van der Waals surface area contributed by atoms with Gasteiger partial charge in [-0.3, -0.25) is 38.8 Å². The molecule has 2 aliphatic rings. The quantitative estimate of drug-likeness (QED) is 0.0253. The Morgan fingerprint density at radius 1 is 0.652 bits per heavy atom. The maximum atomic E-state index is 13.5. The fourth-order valence-electron chi connectivity index (χ4n) is 7.84. The molecule has 17 nitrogen and oxygen atoms in total. The Hall–Kier alpha value is -7.56. The van der Waals surface area contributed by atoms with Crippen molar-refractivity contribution in [3.8, 4) is 11.1 Å². The van der Waals surface area contributed by atoms with E-state index in [4.69, 9.17) is 25.7 Å². The van der Waals surface area contributed by atoms with Crippen LogP contribution in [0.4, 0.5) is 0 Å². The number of ether oxygens (including phenoxy) is 3. The van der Waals surface area contributed by atoms with Crippen molar-refractivity contribution in [2.45, 2.75) is 51.0 Å². The summed E-state index contributed by atoms with van der Waals surface area (Å²) in [7, 11) is 5.73. The summed E-state index contributed by atoms with van der Waals surface area (Å²) in [4.78, 5) is 84.5. The number of nitrogens with two attached hydrogens (primary N) is 2. The van der Waals surface area contributed by atoms with Crippen LogP contribution in [0.5, 0.6) is 0 Å². The van der Waals surface area contributed by atoms with Crippen molar-refractivity contribution >= 4 is 47.5 Å². The molecule has 1 aliphatic heterocycles. The van der Waals surface area contributed by atoms with Crippen LogP contribution in [0.25, 0.3) is 11.1 Å². The minimum absolute atomic E-state index is 0.00608. The van der Waals surface area contributed by atoms with Crippen molar-refractivity contribution in [3.63, 3.8) is 0 Å². The fraction of sp³-hybridized carbons (Fsp3) is 0.347. The first kappa shape index (κ1) is 49.5. The van der Waals surface area contributed by atoms with Crippen LogP contribution in [0.3, 0.4) is 0 Å². The fourth-order valence-corrected chi connectivity index (χ4v) is 7.84. The number of hydrazine groups is 1. The van der Waals surface area contributed by atoms with Gasteiger partial charge >= 0.3 is 17.9 Å². The van der Waals surface area contributed by atoms with E-state index in [2.05, 4.69) is 44.9 Å². The summed E-state index contributed by atoms with van der Waals surface area (Å²) in [6, 6.07) is 31.8. The second kappa shape index (κ2) is 24.5. The second-order valence-electron chi connectivity index (χ2n) is 15.5. The van der Waals surface area contributed by atoms with Crippen molar-refractivity contribution in [1.29, 1.82) is 0 Å². The molecule has 66 heavy (non-hydrogen) atoms. The van der Waals surface area contributed by atoms with Crippen molar-refractivity contribution in [1.82, 2.24) is 20.7 Å². The van der Waals surface area contributed by atoms with E-state index in [9.17, 15) is 28.8 Å². The Bertz CT molecular complexity index is 2330. The molecule has 0 saturated carbocycles. The lowest BCUT2D eigenvalue weighted by molar-refractivity contribution is -0.153. The van der Waals surface area contributed by atoms with Gasteiger partial charge in [-0.05, 0) is 65.6 Å². The molecule has 348 valence electrons. The topological polar surface area (TPSA) is 237 Å². The Balaban J connectivity index is 0.000000249. The average molecular weight is 903 g/mol. The maximum Gasteiger partial charge on any atom is 0.309 e. The highest BCUT2D eigenvalue weighted by molar-refractivity contribution is 6.21. The zero-order valence-electron chi connectivity index (χ0n) is 37.7. The number of carbonyl (C=O) groups excluding carboxylic acids is 6. The second-order valence-corrected chi connectivity index (χ2v) is 15.5. The lowest BCUT2D eigenvalue weighted by atomic mass is 9.97. The Labute approximate surface area is 384 Å². The summed E-state index contributed by atoms with van der Waals surface area (Å²) in [6.45, 7) is 1.24. The van der Waals surface area contributed by atoms with Gasteiger partial charge in [-0.1, -0.05) is 91.0 Å². The van der Waals surface area contributed by atoms with Gasteiger partial charge in [-0.2, -0.15) is 5.01 Å². The zero-order valence-corrected chi connectivity index (χ0v) is 37.7. The van der Waals surface area contributed by atoms with Crippen LogP contribution < -0.4 is 22.1 Å². The molecule has 4 aromatic rings. The highest BCUT2D eigenvalue weighted by atomic mass is 16.5. The molecule has 0 saturated heterocycles. The van der Waals surface area contributed by atoms with Gasteiger partial charge in [-0.25, -0.2) is 5.01 Å². The predicted octanol–water partition coefficient (Wildman–Crippen LogP) is 4.56. The standard InChI is InChI=1S/C25H29N5O5.C24H29N3O4/c1-27-25(26)28-14-8-11-18(24(34)35-2)15-21(31)29(16-17-9-4-3-5-10-17)30-22(32)19-12-6-7-13-20(19)23(30)33;1-26-24(25)27-13-7-8-16(23(29)30-2)14-22(28)31-15-21-19-11-5-3-9-17(19)18-10-4-6-12-20(18)21/h3-7,9-10,12-13,18H,8,11,14-16H2,1-2H3,(H3,26,27,28);3-6,9-12,16,21H,7-8,13-15H2,1-2H3,(H3,25,26,27)/t18-;16-/m00/s1. The normalized spacial score (nSPS) is 13.8. The number of esters is 3. The van der Waals surface area contributed by atoms with Crippen molar-refractivity contribution in [2.24, 2.45) is 33.3 Å². The summed E-state index contributed by atoms with van der Waals surface area (Å²) in [5.41, 5.74) is 17.1. The molecule has 0 bridgehead atoms. The first-order valence-electron chi connectivity index (χ1n) is 21.7. The molecule has 17 heteroatoms. The average Bonchev–Trinajstić information content (AvgIpc) is 3.80. The van der Waals surface area contributed by atoms with E-state index >= 15 is 0 Å². The third kappa shape index (κ3) is 12.8. The third-order valence-corrected chi connectivity index (χ3v) is 11.3. The number of nitrogens with zero attached hydrogens (tertiary/aromatic N) is 4. The van der Waals surface area contributed by atoms with Crippen LogP contribution >= 0.6 is 0 Å². The number of fused-ring (bicyclic) bond motifs is 4. The molecule has 6 rings (SSSR count). The predicted molar refractivity (Wildman–Crippen MR) is 248 cm³/mol. The van der Waals surface area contributed by atoms with Gasteiger partial charge in [0.15, 0.2) is 11.9 Å². The Morgan fingerprint density at radius 2 is 1.09 bits per heavy atom. The van der Waals surface area contributed by atoms with E-state index in [-0.39, 0.29) is 49.0 Å². The largest absolute Gasteiger partial charge is 0.469 e. The van der Waals surface area contributed by atoms with E-state index in [1.54, 1.807) is 62.6 Å². The molecule has 3 amide bonds. The van der Waals surface area contributed by atoms with Crippen molar-refractivity contribution < 1.29 is 43.0 Å². The number of hydrogen-bond acceptors (Lipinski definition) is 11. The van der Waals surface area contributed by atoms with Crippen LogP contribution in [0, 0.1) is 11.8 Å². The number of carbonyl (C=O) groups is 6. The molecule has 6 N–H and O–H groups in total. The molecule has 1 heterocycles. The number of benzene rings is 4. The van der Waals surface area contributed by atoms with Gasteiger partial charge in [0.05, 0.1) is 50.1 Å². The summed E-state index contributed by atoms with van der Waals surface area (Å²) >= 11 is 0. The maximum absolute atomic E-state index is 13.5. The number of rotatable bonds is 19. The number of amides is 3. The summed E-state index contributed by atoms with van der Waals surface area (Å²) in [5, 5.41) is 7.83. The minimum Gasteiger partial charge on any atom is -0.469 e. The first-order chi connectivity index (χ1) is 31.9. The number of hydrogen-bond donors (Lipinski definition) is 4. The lowest BCUT2D eigenvalue weighted by Gasteiger charge is -2.31. The monoisotopic (exact) mass is 902 g/mol. The molecule has 0 spiro atoms. The summed E-state index contributed by atoms with van der Waals surface area (Å²) in [5.74, 6) is -3.77. The molecule has 0 radical (unpaired) electrons. The van der Waals surface area contributed by atoms with Crippen LogP contribution in [-0.4, -0.2) is 106 Å². The number of aliphatic imine (C=N–C) groups is 2. The molecule has 0 fully saturated rings. The van der Waals surface area contributed by atoms with Gasteiger partial charge in [0.25, 0.3) is 11.8 Å². The molecule has 2 atom stereocenters. The summed E-state index contributed by atoms with van der Waals surface area (Å²) < 4.78 is 15.4. The molecule has 0 unspecified atom stereocenters. The number of methoxy groups -OCH3 is 2. The smallest absolute Gasteiger partial charge is 0.309 e. The minimum atomic E-state index is -0.762. The van der Waals surface area contributed by atoms with E-state index in [1.807, 2.05) is 30.3 Å². The van der Waals surface area contributed by atoms with E-state index in [0.717, 1.165) is 26.7 Å². The van der Waals surface area contributed by atoms with Gasteiger partial charge in [0.1, 0.15) is 6.61 Å². The lowest BCUT2D eigenvalue weighted by Crippen LogP contribution is -2.49. The van der Waals surface area contributed by atoms with Crippen molar-refractivity contribution in [3.05, 3.63) is 131 Å². The van der Waals surface area contributed by atoms with Gasteiger partial charge in [-0.15, -0.1) is 0 Å². The van der Waals surface area contributed by atoms with E-state index in [1.165, 1.54) is 25.3 Å². The first-order valence-corrected chi connectivity index (χ1v) is 21.7. The highest BCUT2D eigenvalue weighted by Gasteiger charge is 2.42. The SMILES string of the molecule is CN=C(N)NCCC[C@@H](CC(=O)N(Cc1ccccc1)N1C(=O)c2ccccc2C1=O)C(=O)OC.CN=C(N)NCCC[C@@H](CC(=O)OCC1c2ccccc2-c2ccccc21)C(=O)OC. The molecule has 4 aromatic carbocycles. The zero-order chi connectivity index (χ0) is 47.6.